The maximum atomic E-state index is 12.2. The quantitative estimate of drug-likeness (QED) is 0.743. The van der Waals surface area contributed by atoms with Crippen molar-refractivity contribution in [3.8, 4) is 23.8 Å². The average molecular weight is 317 g/mol. The molecule has 1 N–H and O–H groups in total. The van der Waals surface area contributed by atoms with Crippen molar-refractivity contribution in [2.24, 2.45) is 0 Å². The summed E-state index contributed by atoms with van der Waals surface area (Å²) in [6.07, 6.45) is 15.7. The molecule has 3 aromatic rings. The third-order valence-corrected chi connectivity index (χ3v) is 2.91. The maximum Gasteiger partial charge on any atom is 0.257 e. The Morgan fingerprint density at radius 2 is 1.71 bits per heavy atom. The number of pyridine rings is 2. The molecule has 0 saturated carbocycles. The molecule has 0 spiro atoms. The SMILES string of the molecule is C#Cc1cncc(C(=O)Nc2cncc(Oc3cncnc3)c2)c1. The van der Waals surface area contributed by atoms with E-state index in [9.17, 15) is 4.79 Å². The standard InChI is InChI=1S/C17H11N5O2/c1-2-12-3-13(6-18-5-12)17(23)22-14-4-15(8-19-7-14)24-16-9-20-11-21-10-16/h1,3-11H,(H,22,23). The van der Waals surface area contributed by atoms with Gasteiger partial charge in [-0.3, -0.25) is 14.8 Å². The predicted molar refractivity (Wildman–Crippen MR) is 86.5 cm³/mol. The van der Waals surface area contributed by atoms with Crippen LogP contribution < -0.4 is 10.1 Å². The molecule has 0 saturated heterocycles. The summed E-state index contributed by atoms with van der Waals surface area (Å²) in [6, 6.07) is 3.22. The summed E-state index contributed by atoms with van der Waals surface area (Å²) in [5.74, 6) is 3.00. The van der Waals surface area contributed by atoms with Crippen molar-refractivity contribution < 1.29 is 9.53 Å². The molecule has 24 heavy (non-hydrogen) atoms. The average Bonchev–Trinajstić information content (AvgIpc) is 2.63. The molecule has 0 fully saturated rings. The second kappa shape index (κ2) is 6.98. The zero-order valence-electron chi connectivity index (χ0n) is 12.4. The number of terminal acetylenes is 1. The molecule has 0 unspecified atom stereocenters. The summed E-state index contributed by atoms with van der Waals surface area (Å²) in [5, 5.41) is 2.71. The molecule has 3 rings (SSSR count). The van der Waals surface area contributed by atoms with Gasteiger partial charge in [0.1, 0.15) is 12.1 Å². The highest BCUT2D eigenvalue weighted by Crippen LogP contribution is 2.21. The summed E-state index contributed by atoms with van der Waals surface area (Å²) < 4.78 is 5.57. The number of carbonyl (C=O) groups excluding carboxylic acids is 1. The van der Waals surface area contributed by atoms with Crippen LogP contribution in [-0.2, 0) is 0 Å². The fraction of sp³-hybridized carbons (Fsp3) is 0. The van der Waals surface area contributed by atoms with E-state index in [0.29, 0.717) is 28.3 Å². The molecule has 7 nitrogen and oxygen atoms in total. The number of aromatic nitrogens is 4. The molecular formula is C17H11N5O2. The Bertz CT molecular complexity index is 906. The highest BCUT2D eigenvalue weighted by molar-refractivity contribution is 6.04. The number of anilines is 1. The minimum absolute atomic E-state index is 0.346. The van der Waals surface area contributed by atoms with Crippen LogP contribution in [0.25, 0.3) is 0 Å². The first-order valence-electron chi connectivity index (χ1n) is 6.85. The van der Waals surface area contributed by atoms with E-state index in [-0.39, 0.29) is 5.91 Å². The van der Waals surface area contributed by atoms with E-state index in [4.69, 9.17) is 11.2 Å². The van der Waals surface area contributed by atoms with Crippen LogP contribution in [0.3, 0.4) is 0 Å². The van der Waals surface area contributed by atoms with Crippen molar-refractivity contribution in [2.75, 3.05) is 5.32 Å². The van der Waals surface area contributed by atoms with Gasteiger partial charge in [-0.25, -0.2) is 9.97 Å². The van der Waals surface area contributed by atoms with Crippen LogP contribution in [0.4, 0.5) is 5.69 Å². The summed E-state index contributed by atoms with van der Waals surface area (Å²) in [5.41, 5.74) is 1.36. The number of nitrogens with one attached hydrogen (secondary N) is 1. The minimum Gasteiger partial charge on any atom is -0.452 e. The Hall–Kier alpha value is -3.79. The molecule has 7 heteroatoms. The Morgan fingerprint density at radius 3 is 2.50 bits per heavy atom. The largest absolute Gasteiger partial charge is 0.452 e. The van der Waals surface area contributed by atoms with E-state index in [1.165, 1.54) is 43.5 Å². The van der Waals surface area contributed by atoms with Crippen molar-refractivity contribution in [1.29, 1.82) is 0 Å². The fourth-order valence-electron chi connectivity index (χ4n) is 1.86. The van der Waals surface area contributed by atoms with Gasteiger partial charge < -0.3 is 10.1 Å². The fourth-order valence-corrected chi connectivity index (χ4v) is 1.86. The molecule has 116 valence electrons. The molecular weight excluding hydrogens is 306 g/mol. The second-order valence-corrected chi connectivity index (χ2v) is 4.65. The number of nitrogens with zero attached hydrogens (tertiary/aromatic N) is 4. The third kappa shape index (κ3) is 3.69. The minimum atomic E-state index is -0.346. The van der Waals surface area contributed by atoms with Gasteiger partial charge in [-0.2, -0.15) is 0 Å². The van der Waals surface area contributed by atoms with Crippen LogP contribution in [0.1, 0.15) is 15.9 Å². The van der Waals surface area contributed by atoms with Gasteiger partial charge in [-0.1, -0.05) is 5.92 Å². The van der Waals surface area contributed by atoms with Gasteiger partial charge in [0.15, 0.2) is 5.75 Å². The van der Waals surface area contributed by atoms with Gasteiger partial charge in [0.25, 0.3) is 5.91 Å². The molecule has 0 atom stereocenters. The highest BCUT2D eigenvalue weighted by atomic mass is 16.5. The lowest BCUT2D eigenvalue weighted by Gasteiger charge is -2.08. The maximum absolute atomic E-state index is 12.2. The molecule has 0 aliphatic carbocycles. The molecule has 3 heterocycles. The van der Waals surface area contributed by atoms with Crippen molar-refractivity contribution in [1.82, 2.24) is 19.9 Å². The summed E-state index contributed by atoms with van der Waals surface area (Å²) in [7, 11) is 0. The van der Waals surface area contributed by atoms with Gasteiger partial charge in [0, 0.05) is 24.0 Å². The van der Waals surface area contributed by atoms with Crippen molar-refractivity contribution in [2.45, 2.75) is 0 Å². The van der Waals surface area contributed by atoms with Crippen LogP contribution in [-0.4, -0.2) is 25.8 Å². The lowest BCUT2D eigenvalue weighted by molar-refractivity contribution is 0.102. The molecule has 0 aliphatic heterocycles. The number of carbonyl (C=O) groups is 1. The Labute approximate surface area is 137 Å². The predicted octanol–water partition coefficient (Wildman–Crippen LogP) is 2.29. The van der Waals surface area contributed by atoms with E-state index < -0.39 is 0 Å². The number of rotatable bonds is 4. The zero-order valence-corrected chi connectivity index (χ0v) is 12.4. The molecule has 0 aliphatic rings. The first kappa shape index (κ1) is 15.1. The zero-order chi connectivity index (χ0) is 16.8. The van der Waals surface area contributed by atoms with E-state index in [2.05, 4.69) is 31.2 Å². The number of ether oxygens (including phenoxy) is 1. The van der Waals surface area contributed by atoms with Gasteiger partial charge in [-0.15, -0.1) is 6.42 Å². The molecule has 0 bridgehead atoms. The monoisotopic (exact) mass is 317 g/mol. The first-order chi connectivity index (χ1) is 11.7. The summed E-state index contributed by atoms with van der Waals surface area (Å²) in [4.78, 5) is 27.9. The lowest BCUT2D eigenvalue weighted by Crippen LogP contribution is -2.12. The van der Waals surface area contributed by atoms with E-state index in [1.54, 1.807) is 12.1 Å². The Morgan fingerprint density at radius 1 is 0.958 bits per heavy atom. The highest BCUT2D eigenvalue weighted by Gasteiger charge is 2.08. The number of hydrogen-bond donors (Lipinski definition) is 1. The van der Waals surface area contributed by atoms with Crippen molar-refractivity contribution >= 4 is 11.6 Å². The first-order valence-corrected chi connectivity index (χ1v) is 6.85. The van der Waals surface area contributed by atoms with Gasteiger partial charge in [0.05, 0.1) is 36.0 Å². The van der Waals surface area contributed by atoms with Crippen LogP contribution in [0.15, 0.2) is 55.6 Å². The summed E-state index contributed by atoms with van der Waals surface area (Å²) >= 11 is 0. The smallest absolute Gasteiger partial charge is 0.257 e. The van der Waals surface area contributed by atoms with Gasteiger partial charge >= 0.3 is 0 Å². The van der Waals surface area contributed by atoms with Crippen LogP contribution >= 0.6 is 0 Å². The van der Waals surface area contributed by atoms with Crippen molar-refractivity contribution in [3.05, 3.63) is 66.8 Å². The topological polar surface area (TPSA) is 89.9 Å². The van der Waals surface area contributed by atoms with Crippen molar-refractivity contribution in [3.63, 3.8) is 0 Å². The van der Waals surface area contributed by atoms with E-state index >= 15 is 0 Å². The van der Waals surface area contributed by atoms with Gasteiger partial charge in [-0.05, 0) is 6.07 Å². The third-order valence-electron chi connectivity index (χ3n) is 2.91. The van der Waals surface area contributed by atoms with E-state index in [0.717, 1.165) is 0 Å². The van der Waals surface area contributed by atoms with Crippen LogP contribution in [0.5, 0.6) is 11.5 Å². The molecule has 3 aromatic heterocycles. The molecule has 1 amide bonds. The Kier molecular flexibility index (Phi) is 4.40. The van der Waals surface area contributed by atoms with Crippen LogP contribution in [0, 0.1) is 12.3 Å². The molecule has 0 radical (unpaired) electrons. The summed E-state index contributed by atoms with van der Waals surface area (Å²) in [6.45, 7) is 0. The van der Waals surface area contributed by atoms with Gasteiger partial charge in [0.2, 0.25) is 0 Å². The number of hydrogen-bond acceptors (Lipinski definition) is 6. The lowest BCUT2D eigenvalue weighted by atomic mass is 10.2. The van der Waals surface area contributed by atoms with E-state index in [1.807, 2.05) is 0 Å². The molecule has 0 aromatic carbocycles. The Balaban J connectivity index is 1.74. The normalized spacial score (nSPS) is 9.79. The number of amides is 1. The van der Waals surface area contributed by atoms with Crippen LogP contribution in [0.2, 0.25) is 0 Å². The second-order valence-electron chi connectivity index (χ2n) is 4.65.